The van der Waals surface area contributed by atoms with E-state index in [4.69, 9.17) is 0 Å². The van der Waals surface area contributed by atoms with Crippen molar-refractivity contribution in [3.05, 3.63) is 66.6 Å². The summed E-state index contributed by atoms with van der Waals surface area (Å²) < 4.78 is 64.6. The second kappa shape index (κ2) is 8.90. The number of sulfone groups is 1. The molecule has 0 amide bonds. The lowest BCUT2D eigenvalue weighted by molar-refractivity contribution is -0.0436. The number of hydrogen-bond acceptors (Lipinski definition) is 6. The molecule has 0 radical (unpaired) electrons. The minimum Gasteiger partial charge on any atom is -0.366 e. The van der Waals surface area contributed by atoms with Crippen molar-refractivity contribution in [2.75, 3.05) is 24.5 Å². The van der Waals surface area contributed by atoms with E-state index < -0.39 is 20.2 Å². The monoisotopic (exact) mass is 515 g/mol. The van der Waals surface area contributed by atoms with Crippen LogP contribution in [0.15, 0.2) is 66.0 Å². The molecule has 0 spiro atoms. The number of nitrogens with one attached hydrogen (secondary N) is 1. The predicted molar refractivity (Wildman–Crippen MR) is 132 cm³/mol. The molecule has 3 heterocycles. The van der Waals surface area contributed by atoms with Gasteiger partial charge in [0, 0.05) is 54.9 Å². The van der Waals surface area contributed by atoms with Gasteiger partial charge >= 0.3 is 5.51 Å². The lowest BCUT2D eigenvalue weighted by atomic mass is 10.0. The van der Waals surface area contributed by atoms with Crippen LogP contribution in [0, 0.1) is 6.92 Å². The molecule has 0 bridgehead atoms. The summed E-state index contributed by atoms with van der Waals surface area (Å²) in [6, 6.07) is 11.9. The Bertz CT molecular complexity index is 1530. The van der Waals surface area contributed by atoms with Crippen LogP contribution in [0.2, 0.25) is 0 Å². The lowest BCUT2D eigenvalue weighted by Crippen LogP contribution is -2.49. The third-order valence-electron chi connectivity index (χ3n) is 6.50. The number of nitrogens with zero attached hydrogens (tertiary/aromatic N) is 4. The second-order valence-corrected chi connectivity index (χ2v) is 10.8. The first kappa shape index (κ1) is 24.3. The van der Waals surface area contributed by atoms with Gasteiger partial charge in [-0.15, -0.1) is 0 Å². The van der Waals surface area contributed by atoms with Gasteiger partial charge in [-0.05, 0) is 54.8 Å². The molecule has 1 aliphatic heterocycles. The summed E-state index contributed by atoms with van der Waals surface area (Å²) in [7, 11) is -5.47. The Balaban J connectivity index is 1.48. The molecule has 0 unspecified atom stereocenters. The summed E-state index contributed by atoms with van der Waals surface area (Å²) >= 11 is 0. The van der Waals surface area contributed by atoms with Crippen molar-refractivity contribution in [1.29, 1.82) is 0 Å². The van der Waals surface area contributed by atoms with Crippen LogP contribution in [0.3, 0.4) is 0 Å². The van der Waals surface area contributed by atoms with E-state index in [2.05, 4.69) is 39.4 Å². The third kappa shape index (κ3) is 4.22. The van der Waals surface area contributed by atoms with Gasteiger partial charge in [0.2, 0.25) is 0 Å². The molecule has 36 heavy (non-hydrogen) atoms. The van der Waals surface area contributed by atoms with E-state index in [1.165, 1.54) is 12.3 Å². The van der Waals surface area contributed by atoms with E-state index in [1.807, 2.05) is 12.1 Å². The van der Waals surface area contributed by atoms with Gasteiger partial charge < -0.3 is 10.2 Å². The number of fused-ring (bicyclic) bond motifs is 1. The molecular weight excluding hydrogens is 491 g/mol. The summed E-state index contributed by atoms with van der Waals surface area (Å²) in [6.45, 7) is 6.70. The zero-order chi connectivity index (χ0) is 25.7. The molecule has 0 aliphatic carbocycles. The van der Waals surface area contributed by atoms with Crippen molar-refractivity contribution < 1.29 is 21.6 Å². The SMILES string of the molecule is Cc1ccc(S(=O)(=O)C(F)(F)F)cc1-c1cnn2cc(-c3ccc(N4CCNC[C@@H]4C)cc3)cnc12. The molecule has 1 saturated heterocycles. The number of hydrogen-bond donors (Lipinski definition) is 1. The van der Waals surface area contributed by atoms with Crippen molar-refractivity contribution in [3.8, 4) is 22.3 Å². The summed E-state index contributed by atoms with van der Waals surface area (Å²) in [6.07, 6.45) is 4.95. The van der Waals surface area contributed by atoms with Gasteiger partial charge in [0.15, 0.2) is 5.65 Å². The molecule has 1 atom stereocenters. The highest BCUT2D eigenvalue weighted by atomic mass is 32.2. The number of benzene rings is 2. The first-order valence-electron chi connectivity index (χ1n) is 11.4. The van der Waals surface area contributed by atoms with E-state index in [0.717, 1.165) is 48.6 Å². The normalized spacial score (nSPS) is 17.0. The highest BCUT2D eigenvalue weighted by Crippen LogP contribution is 2.35. The minimum absolute atomic E-state index is 0.324. The van der Waals surface area contributed by atoms with Crippen molar-refractivity contribution in [3.63, 3.8) is 0 Å². The number of anilines is 1. The maximum Gasteiger partial charge on any atom is 0.501 e. The number of halogens is 3. The zero-order valence-electron chi connectivity index (χ0n) is 19.6. The first-order valence-corrected chi connectivity index (χ1v) is 12.9. The van der Waals surface area contributed by atoms with E-state index >= 15 is 0 Å². The number of aromatic nitrogens is 3. The molecule has 1 fully saturated rings. The summed E-state index contributed by atoms with van der Waals surface area (Å²) in [5, 5.41) is 7.71. The van der Waals surface area contributed by atoms with Crippen LogP contribution in [-0.4, -0.2) is 54.2 Å². The van der Waals surface area contributed by atoms with E-state index in [9.17, 15) is 21.6 Å². The largest absolute Gasteiger partial charge is 0.501 e. The van der Waals surface area contributed by atoms with Crippen LogP contribution in [0.1, 0.15) is 12.5 Å². The van der Waals surface area contributed by atoms with Crippen LogP contribution in [0.4, 0.5) is 18.9 Å². The third-order valence-corrected chi connectivity index (χ3v) is 7.99. The molecule has 5 rings (SSSR count). The van der Waals surface area contributed by atoms with Gasteiger partial charge in [-0.25, -0.2) is 17.9 Å². The molecular formula is C25H24F3N5O2S. The summed E-state index contributed by atoms with van der Waals surface area (Å²) in [5.41, 5.74) is -0.681. The molecule has 0 saturated carbocycles. The Morgan fingerprint density at radius 2 is 1.78 bits per heavy atom. The molecule has 1 aliphatic rings. The average molecular weight is 516 g/mol. The highest BCUT2D eigenvalue weighted by Gasteiger charge is 2.47. The van der Waals surface area contributed by atoms with Gasteiger partial charge in [0.05, 0.1) is 11.1 Å². The number of rotatable bonds is 4. The molecule has 11 heteroatoms. The molecule has 4 aromatic rings. The maximum atomic E-state index is 13.1. The lowest BCUT2D eigenvalue weighted by Gasteiger charge is -2.36. The standard InChI is InChI=1S/C25H24F3N5O2S/c1-16-3-8-21(36(34,35)25(26,27)28)11-22(16)23-14-31-33-15-19(13-30-24(23)33)18-4-6-20(7-5-18)32-10-9-29-12-17(32)2/h3-8,11,13-15,17,29H,9-10,12H2,1-2H3/t17-/m0/s1. The Morgan fingerprint density at radius 1 is 1.03 bits per heavy atom. The van der Waals surface area contributed by atoms with Crippen LogP contribution >= 0.6 is 0 Å². The van der Waals surface area contributed by atoms with Crippen LogP contribution in [0.25, 0.3) is 27.9 Å². The van der Waals surface area contributed by atoms with Crippen molar-refractivity contribution >= 4 is 21.2 Å². The fourth-order valence-corrected chi connectivity index (χ4v) is 5.26. The van der Waals surface area contributed by atoms with Crippen molar-refractivity contribution in [2.24, 2.45) is 0 Å². The number of aryl methyl sites for hydroxylation is 1. The molecule has 2 aromatic heterocycles. The Hall–Kier alpha value is -3.44. The molecule has 188 valence electrons. The Kier molecular flexibility index (Phi) is 6.00. The Labute approximate surface area is 206 Å². The van der Waals surface area contributed by atoms with Gasteiger partial charge in [-0.3, -0.25) is 0 Å². The van der Waals surface area contributed by atoms with Crippen molar-refractivity contribution in [2.45, 2.75) is 30.3 Å². The average Bonchev–Trinajstić information content (AvgIpc) is 3.27. The smallest absolute Gasteiger partial charge is 0.366 e. The predicted octanol–water partition coefficient (Wildman–Crippen LogP) is 4.46. The van der Waals surface area contributed by atoms with Gasteiger partial charge in [-0.2, -0.15) is 18.3 Å². The van der Waals surface area contributed by atoms with E-state index in [-0.39, 0.29) is 0 Å². The quantitative estimate of drug-likeness (QED) is 0.432. The number of piperazine rings is 1. The van der Waals surface area contributed by atoms with Gasteiger partial charge in [0.25, 0.3) is 9.84 Å². The fraction of sp³-hybridized carbons (Fsp3) is 0.280. The minimum atomic E-state index is -5.47. The van der Waals surface area contributed by atoms with Crippen molar-refractivity contribution in [1.82, 2.24) is 19.9 Å². The van der Waals surface area contributed by atoms with Gasteiger partial charge in [-0.1, -0.05) is 18.2 Å². The molecule has 2 aromatic carbocycles. The summed E-state index contributed by atoms with van der Waals surface area (Å²) in [4.78, 5) is 6.05. The topological polar surface area (TPSA) is 79.6 Å². The van der Waals surface area contributed by atoms with Crippen LogP contribution < -0.4 is 10.2 Å². The molecule has 7 nitrogen and oxygen atoms in total. The first-order chi connectivity index (χ1) is 17.1. The fourth-order valence-electron chi connectivity index (χ4n) is 4.48. The van der Waals surface area contributed by atoms with Gasteiger partial charge in [0.1, 0.15) is 0 Å². The van der Waals surface area contributed by atoms with Crippen LogP contribution in [-0.2, 0) is 9.84 Å². The van der Waals surface area contributed by atoms with Crippen LogP contribution in [0.5, 0.6) is 0 Å². The van der Waals surface area contributed by atoms with E-state index in [1.54, 1.807) is 23.8 Å². The highest BCUT2D eigenvalue weighted by molar-refractivity contribution is 7.92. The Morgan fingerprint density at radius 3 is 2.47 bits per heavy atom. The van der Waals surface area contributed by atoms with E-state index in [0.29, 0.717) is 28.4 Å². The summed E-state index contributed by atoms with van der Waals surface area (Å²) in [5.74, 6) is 0. The molecule has 1 N–H and O–H groups in total. The second-order valence-electron chi connectivity index (χ2n) is 8.89. The zero-order valence-corrected chi connectivity index (χ0v) is 20.4. The maximum absolute atomic E-state index is 13.1. The number of alkyl halides is 3.